The summed E-state index contributed by atoms with van der Waals surface area (Å²) in [5.74, 6) is 0.204. The second-order valence-electron chi connectivity index (χ2n) is 3.47. The molecular formula is C11H12N4. The molecule has 0 radical (unpaired) electrons. The van der Waals surface area contributed by atoms with Crippen molar-refractivity contribution in [3.05, 3.63) is 35.5 Å². The second kappa shape index (κ2) is 3.65. The lowest BCUT2D eigenvalue weighted by molar-refractivity contribution is 0.988. The molecule has 76 valence electrons. The van der Waals surface area contributed by atoms with Gasteiger partial charge < -0.3 is 5.73 Å². The number of benzene rings is 1. The maximum atomic E-state index is 5.51. The van der Waals surface area contributed by atoms with Crippen molar-refractivity contribution < 1.29 is 0 Å². The Hall–Kier alpha value is -1.97. The molecule has 0 amide bonds. The molecule has 0 bridgehead atoms. The molecule has 0 aliphatic heterocycles. The summed E-state index contributed by atoms with van der Waals surface area (Å²) in [4.78, 5) is 4.17. The Balaban J connectivity index is 2.63. The summed E-state index contributed by atoms with van der Waals surface area (Å²) in [6.45, 7) is 4.08. The molecule has 4 heteroatoms. The molecule has 0 saturated carbocycles. The van der Waals surface area contributed by atoms with Crippen LogP contribution in [0.1, 0.15) is 11.1 Å². The lowest BCUT2D eigenvalue weighted by Crippen LogP contribution is -1.99. The molecule has 0 aliphatic carbocycles. The Labute approximate surface area is 88.2 Å². The van der Waals surface area contributed by atoms with Crippen LogP contribution in [0, 0.1) is 13.8 Å². The summed E-state index contributed by atoms with van der Waals surface area (Å²) >= 11 is 0. The van der Waals surface area contributed by atoms with Gasteiger partial charge in [-0.2, -0.15) is 5.10 Å². The van der Waals surface area contributed by atoms with Gasteiger partial charge in [-0.1, -0.05) is 18.2 Å². The predicted octanol–water partition coefficient (Wildman–Crippen LogP) is 1.74. The second-order valence-corrected chi connectivity index (χ2v) is 3.47. The monoisotopic (exact) mass is 200 g/mol. The number of hydrogen-bond acceptors (Lipinski definition) is 4. The third-order valence-electron chi connectivity index (χ3n) is 2.31. The number of nitrogens with two attached hydrogens (primary N) is 1. The van der Waals surface area contributed by atoms with Crippen LogP contribution in [-0.4, -0.2) is 15.2 Å². The van der Waals surface area contributed by atoms with Gasteiger partial charge in [0.1, 0.15) is 0 Å². The molecule has 2 rings (SSSR count). The number of rotatable bonds is 1. The van der Waals surface area contributed by atoms with Crippen molar-refractivity contribution >= 4 is 5.95 Å². The fourth-order valence-electron chi connectivity index (χ4n) is 1.66. The first-order valence-corrected chi connectivity index (χ1v) is 4.70. The maximum absolute atomic E-state index is 5.51. The highest BCUT2D eigenvalue weighted by Gasteiger charge is 2.07. The Morgan fingerprint density at radius 3 is 2.40 bits per heavy atom. The van der Waals surface area contributed by atoms with E-state index in [1.54, 1.807) is 6.20 Å². The molecule has 1 aromatic carbocycles. The van der Waals surface area contributed by atoms with Crippen LogP contribution in [0.3, 0.4) is 0 Å². The van der Waals surface area contributed by atoms with Gasteiger partial charge in [0, 0.05) is 5.56 Å². The minimum Gasteiger partial charge on any atom is -0.366 e. The third kappa shape index (κ3) is 1.79. The van der Waals surface area contributed by atoms with Gasteiger partial charge in [-0.15, -0.1) is 5.10 Å². The minimum atomic E-state index is 0.204. The fourth-order valence-corrected chi connectivity index (χ4v) is 1.66. The average Bonchev–Trinajstić information content (AvgIpc) is 2.17. The van der Waals surface area contributed by atoms with Gasteiger partial charge in [0.05, 0.1) is 11.9 Å². The molecule has 0 aliphatic rings. The van der Waals surface area contributed by atoms with Crippen LogP contribution in [0.5, 0.6) is 0 Å². The van der Waals surface area contributed by atoms with Crippen molar-refractivity contribution in [3.63, 3.8) is 0 Å². The highest BCUT2D eigenvalue weighted by molar-refractivity contribution is 5.67. The van der Waals surface area contributed by atoms with Crippen LogP contribution in [0.15, 0.2) is 24.4 Å². The molecule has 1 heterocycles. The summed E-state index contributed by atoms with van der Waals surface area (Å²) in [7, 11) is 0. The summed E-state index contributed by atoms with van der Waals surface area (Å²) in [5, 5.41) is 7.45. The Morgan fingerprint density at radius 1 is 1.13 bits per heavy atom. The molecule has 15 heavy (non-hydrogen) atoms. The first kappa shape index (κ1) is 9.58. The van der Waals surface area contributed by atoms with E-state index in [4.69, 9.17) is 5.73 Å². The first-order chi connectivity index (χ1) is 7.18. The number of aromatic nitrogens is 3. The molecule has 4 nitrogen and oxygen atoms in total. The number of aryl methyl sites for hydroxylation is 2. The Bertz CT molecular complexity index is 473. The zero-order valence-corrected chi connectivity index (χ0v) is 8.73. The number of anilines is 1. The van der Waals surface area contributed by atoms with Gasteiger partial charge in [-0.05, 0) is 25.0 Å². The van der Waals surface area contributed by atoms with Crippen LogP contribution in [-0.2, 0) is 0 Å². The van der Waals surface area contributed by atoms with Crippen molar-refractivity contribution in [2.45, 2.75) is 13.8 Å². The Morgan fingerprint density at radius 2 is 1.80 bits per heavy atom. The largest absolute Gasteiger partial charge is 0.366 e. The van der Waals surface area contributed by atoms with E-state index in [1.165, 1.54) is 0 Å². The van der Waals surface area contributed by atoms with E-state index in [0.29, 0.717) is 0 Å². The van der Waals surface area contributed by atoms with Crippen LogP contribution < -0.4 is 5.73 Å². The van der Waals surface area contributed by atoms with Gasteiger partial charge in [0.25, 0.3) is 0 Å². The van der Waals surface area contributed by atoms with Crippen molar-refractivity contribution in [1.29, 1.82) is 0 Å². The zero-order chi connectivity index (χ0) is 10.8. The molecule has 1 aromatic heterocycles. The van der Waals surface area contributed by atoms with Crippen LogP contribution in [0.2, 0.25) is 0 Å². The minimum absolute atomic E-state index is 0.204. The van der Waals surface area contributed by atoms with Crippen molar-refractivity contribution in [2.75, 3.05) is 5.73 Å². The lowest BCUT2D eigenvalue weighted by atomic mass is 10.0. The zero-order valence-electron chi connectivity index (χ0n) is 8.73. The normalized spacial score (nSPS) is 10.3. The molecule has 0 spiro atoms. The third-order valence-corrected chi connectivity index (χ3v) is 2.31. The number of nitrogens with zero attached hydrogens (tertiary/aromatic N) is 3. The highest BCUT2D eigenvalue weighted by Crippen LogP contribution is 2.24. The van der Waals surface area contributed by atoms with E-state index in [2.05, 4.69) is 15.2 Å². The predicted molar refractivity (Wildman–Crippen MR) is 59.1 cm³/mol. The van der Waals surface area contributed by atoms with E-state index in [1.807, 2.05) is 32.0 Å². The number of hydrogen-bond donors (Lipinski definition) is 1. The molecular weight excluding hydrogens is 188 g/mol. The molecule has 2 N–H and O–H groups in total. The van der Waals surface area contributed by atoms with Gasteiger partial charge >= 0.3 is 0 Å². The van der Waals surface area contributed by atoms with E-state index < -0.39 is 0 Å². The van der Waals surface area contributed by atoms with Crippen molar-refractivity contribution in [2.24, 2.45) is 0 Å². The summed E-state index contributed by atoms with van der Waals surface area (Å²) in [5.41, 5.74) is 9.69. The van der Waals surface area contributed by atoms with Crippen molar-refractivity contribution in [1.82, 2.24) is 15.2 Å². The maximum Gasteiger partial charge on any atom is 0.240 e. The van der Waals surface area contributed by atoms with Gasteiger partial charge in [-0.3, -0.25) is 0 Å². The summed E-state index contributed by atoms with van der Waals surface area (Å²) in [6.07, 6.45) is 1.63. The van der Waals surface area contributed by atoms with E-state index in [9.17, 15) is 0 Å². The summed E-state index contributed by atoms with van der Waals surface area (Å²) < 4.78 is 0. The summed E-state index contributed by atoms with van der Waals surface area (Å²) in [6, 6.07) is 6.10. The highest BCUT2D eigenvalue weighted by atomic mass is 15.2. The van der Waals surface area contributed by atoms with Gasteiger partial charge in [0.15, 0.2) is 0 Å². The van der Waals surface area contributed by atoms with E-state index in [0.717, 1.165) is 22.4 Å². The quantitative estimate of drug-likeness (QED) is 0.761. The average molecular weight is 200 g/mol. The van der Waals surface area contributed by atoms with Crippen LogP contribution in [0.25, 0.3) is 11.3 Å². The molecule has 0 saturated heterocycles. The van der Waals surface area contributed by atoms with Gasteiger partial charge in [0.2, 0.25) is 5.95 Å². The molecule has 0 fully saturated rings. The lowest BCUT2D eigenvalue weighted by Gasteiger charge is -2.07. The van der Waals surface area contributed by atoms with Gasteiger partial charge in [-0.25, -0.2) is 4.98 Å². The SMILES string of the molecule is Cc1cccc(C)c1-c1cnnc(N)n1. The van der Waals surface area contributed by atoms with Crippen LogP contribution >= 0.6 is 0 Å². The topological polar surface area (TPSA) is 64.7 Å². The fraction of sp³-hybridized carbons (Fsp3) is 0.182. The standard InChI is InChI=1S/C11H12N4/c1-7-4-3-5-8(2)10(7)9-6-13-15-11(12)14-9/h3-6H,1-2H3,(H2,12,14,15). The molecule has 2 aromatic rings. The van der Waals surface area contributed by atoms with Crippen LogP contribution in [0.4, 0.5) is 5.95 Å². The van der Waals surface area contributed by atoms with Crippen molar-refractivity contribution in [3.8, 4) is 11.3 Å². The van der Waals surface area contributed by atoms with E-state index in [-0.39, 0.29) is 5.95 Å². The smallest absolute Gasteiger partial charge is 0.240 e. The number of nitrogen functional groups attached to an aromatic ring is 1. The van der Waals surface area contributed by atoms with E-state index >= 15 is 0 Å². The Kier molecular flexibility index (Phi) is 2.33. The first-order valence-electron chi connectivity index (χ1n) is 4.70. The molecule has 0 unspecified atom stereocenters. The molecule has 0 atom stereocenters.